The first-order chi connectivity index (χ1) is 7.72. The molecule has 0 unspecified atom stereocenters. The lowest BCUT2D eigenvalue weighted by molar-refractivity contribution is 0.560. The van der Waals surface area contributed by atoms with Gasteiger partial charge in [-0.25, -0.2) is 8.42 Å². The standard InChI is InChI=1S/C13H21NO2S/c1-11-6-5-7-12(10-11)14-8-9-17(15,16)13(2,3)4/h5-7,10,14H,8-9H2,1-4H3. The summed E-state index contributed by atoms with van der Waals surface area (Å²) in [5, 5.41) is 3.13. The quantitative estimate of drug-likeness (QED) is 0.899. The van der Waals surface area contributed by atoms with Crippen LogP contribution in [0.4, 0.5) is 5.69 Å². The molecule has 0 heterocycles. The van der Waals surface area contributed by atoms with Gasteiger partial charge < -0.3 is 5.32 Å². The summed E-state index contributed by atoms with van der Waals surface area (Å²) in [6.07, 6.45) is 0. The fraction of sp³-hybridized carbons (Fsp3) is 0.538. The van der Waals surface area contributed by atoms with Crippen molar-refractivity contribution in [3.63, 3.8) is 0 Å². The minimum absolute atomic E-state index is 0.157. The molecule has 0 fully saturated rings. The highest BCUT2D eigenvalue weighted by molar-refractivity contribution is 7.92. The Bertz CT molecular complexity index is 472. The van der Waals surface area contributed by atoms with Gasteiger partial charge in [-0.05, 0) is 45.4 Å². The van der Waals surface area contributed by atoms with Gasteiger partial charge in [-0.1, -0.05) is 12.1 Å². The Kier molecular flexibility index (Phi) is 4.20. The zero-order valence-corrected chi connectivity index (χ0v) is 11.8. The van der Waals surface area contributed by atoms with Crippen LogP contribution in [0.15, 0.2) is 24.3 Å². The molecular formula is C13H21NO2S. The number of hydrogen-bond donors (Lipinski definition) is 1. The predicted molar refractivity (Wildman–Crippen MR) is 73.2 cm³/mol. The number of sulfone groups is 1. The molecule has 0 amide bonds. The Balaban J connectivity index is 2.55. The van der Waals surface area contributed by atoms with E-state index >= 15 is 0 Å². The van der Waals surface area contributed by atoms with Crippen molar-refractivity contribution in [3.8, 4) is 0 Å². The summed E-state index contributed by atoms with van der Waals surface area (Å²) in [6.45, 7) is 7.65. The van der Waals surface area contributed by atoms with Crippen LogP contribution in [-0.4, -0.2) is 25.5 Å². The van der Waals surface area contributed by atoms with Gasteiger partial charge in [0, 0.05) is 12.2 Å². The van der Waals surface area contributed by atoms with Crippen molar-refractivity contribution in [2.75, 3.05) is 17.6 Å². The number of rotatable bonds is 4. The highest BCUT2D eigenvalue weighted by Gasteiger charge is 2.28. The van der Waals surface area contributed by atoms with Gasteiger partial charge in [0.25, 0.3) is 0 Å². The molecule has 0 atom stereocenters. The summed E-state index contributed by atoms with van der Waals surface area (Å²) in [6, 6.07) is 7.91. The van der Waals surface area contributed by atoms with Gasteiger partial charge in [0.15, 0.2) is 9.84 Å². The van der Waals surface area contributed by atoms with Crippen LogP contribution in [0.1, 0.15) is 26.3 Å². The third-order valence-electron chi connectivity index (χ3n) is 2.65. The molecule has 1 aromatic rings. The maximum absolute atomic E-state index is 11.9. The van der Waals surface area contributed by atoms with Crippen molar-refractivity contribution < 1.29 is 8.42 Å². The molecule has 0 aliphatic heterocycles. The summed E-state index contributed by atoms with van der Waals surface area (Å²) in [4.78, 5) is 0. The predicted octanol–water partition coefficient (Wildman–Crippen LogP) is 2.62. The van der Waals surface area contributed by atoms with Gasteiger partial charge in [0.1, 0.15) is 0 Å². The second kappa shape index (κ2) is 5.08. The molecule has 4 heteroatoms. The Labute approximate surface area is 104 Å². The van der Waals surface area contributed by atoms with Gasteiger partial charge in [0.2, 0.25) is 0 Å². The minimum Gasteiger partial charge on any atom is -0.384 e. The molecule has 0 saturated carbocycles. The number of anilines is 1. The van der Waals surface area contributed by atoms with E-state index < -0.39 is 14.6 Å². The molecule has 0 bridgehead atoms. The summed E-state index contributed by atoms with van der Waals surface area (Å²) in [5.74, 6) is 0.157. The zero-order chi connectivity index (χ0) is 13.1. The molecule has 0 aromatic heterocycles. The maximum Gasteiger partial charge on any atom is 0.156 e. The number of hydrogen-bond acceptors (Lipinski definition) is 3. The minimum atomic E-state index is -3.04. The molecule has 3 nitrogen and oxygen atoms in total. The number of benzene rings is 1. The second-order valence-electron chi connectivity index (χ2n) is 5.23. The third-order valence-corrected chi connectivity index (χ3v) is 5.26. The van der Waals surface area contributed by atoms with E-state index in [1.165, 1.54) is 0 Å². The zero-order valence-electron chi connectivity index (χ0n) is 10.9. The molecule has 1 N–H and O–H groups in total. The van der Waals surface area contributed by atoms with Gasteiger partial charge in [-0.2, -0.15) is 0 Å². The van der Waals surface area contributed by atoms with Crippen LogP contribution in [0.2, 0.25) is 0 Å². The summed E-state index contributed by atoms with van der Waals surface area (Å²) < 4.78 is 23.1. The van der Waals surface area contributed by atoms with Gasteiger partial charge in [-0.15, -0.1) is 0 Å². The van der Waals surface area contributed by atoms with Crippen molar-refractivity contribution in [2.45, 2.75) is 32.4 Å². The lowest BCUT2D eigenvalue weighted by Gasteiger charge is -2.19. The first-order valence-corrected chi connectivity index (χ1v) is 7.40. The molecule has 1 aromatic carbocycles. The largest absolute Gasteiger partial charge is 0.384 e. The normalized spacial score (nSPS) is 12.5. The molecule has 0 radical (unpaired) electrons. The highest BCUT2D eigenvalue weighted by atomic mass is 32.2. The average molecular weight is 255 g/mol. The Morgan fingerprint density at radius 1 is 1.24 bits per heavy atom. The van der Waals surface area contributed by atoms with E-state index in [1.807, 2.05) is 31.2 Å². The summed E-state index contributed by atoms with van der Waals surface area (Å²) >= 11 is 0. The molecular weight excluding hydrogens is 234 g/mol. The summed E-state index contributed by atoms with van der Waals surface area (Å²) in [5.41, 5.74) is 2.13. The van der Waals surface area contributed by atoms with Crippen molar-refractivity contribution in [3.05, 3.63) is 29.8 Å². The van der Waals surface area contributed by atoms with E-state index in [-0.39, 0.29) is 5.75 Å². The van der Waals surface area contributed by atoms with Crippen LogP contribution in [0.5, 0.6) is 0 Å². The highest BCUT2D eigenvalue weighted by Crippen LogP contribution is 2.16. The van der Waals surface area contributed by atoms with Crippen LogP contribution >= 0.6 is 0 Å². The van der Waals surface area contributed by atoms with E-state index in [2.05, 4.69) is 5.32 Å². The smallest absolute Gasteiger partial charge is 0.156 e. The van der Waals surface area contributed by atoms with E-state index in [4.69, 9.17) is 0 Å². The molecule has 0 aliphatic rings. The molecule has 0 saturated heterocycles. The topological polar surface area (TPSA) is 46.2 Å². The lowest BCUT2D eigenvalue weighted by Crippen LogP contribution is -2.32. The molecule has 1 rings (SSSR count). The van der Waals surface area contributed by atoms with E-state index in [1.54, 1.807) is 20.8 Å². The van der Waals surface area contributed by atoms with Crippen molar-refractivity contribution in [2.24, 2.45) is 0 Å². The van der Waals surface area contributed by atoms with Gasteiger partial charge >= 0.3 is 0 Å². The van der Waals surface area contributed by atoms with Crippen LogP contribution in [0.3, 0.4) is 0 Å². The molecule has 17 heavy (non-hydrogen) atoms. The van der Waals surface area contributed by atoms with Crippen LogP contribution in [0, 0.1) is 6.92 Å². The van der Waals surface area contributed by atoms with Crippen LogP contribution in [-0.2, 0) is 9.84 Å². The fourth-order valence-electron chi connectivity index (χ4n) is 1.39. The maximum atomic E-state index is 11.9. The fourth-order valence-corrected chi connectivity index (χ4v) is 2.37. The van der Waals surface area contributed by atoms with Gasteiger partial charge in [0.05, 0.1) is 10.5 Å². The number of nitrogens with one attached hydrogen (secondary N) is 1. The lowest BCUT2D eigenvalue weighted by atomic mass is 10.2. The first kappa shape index (κ1) is 14.0. The first-order valence-electron chi connectivity index (χ1n) is 5.75. The van der Waals surface area contributed by atoms with Crippen molar-refractivity contribution >= 4 is 15.5 Å². The average Bonchev–Trinajstić information content (AvgIpc) is 2.15. The van der Waals surface area contributed by atoms with Crippen molar-refractivity contribution in [1.82, 2.24) is 0 Å². The molecule has 0 aliphatic carbocycles. The Morgan fingerprint density at radius 2 is 1.88 bits per heavy atom. The SMILES string of the molecule is Cc1cccc(NCCS(=O)(=O)C(C)(C)C)c1. The second-order valence-corrected chi connectivity index (χ2v) is 8.09. The van der Waals surface area contributed by atoms with E-state index in [0.717, 1.165) is 11.3 Å². The van der Waals surface area contributed by atoms with Gasteiger partial charge in [-0.3, -0.25) is 0 Å². The molecule has 96 valence electrons. The van der Waals surface area contributed by atoms with E-state index in [9.17, 15) is 8.42 Å². The monoisotopic (exact) mass is 255 g/mol. The van der Waals surface area contributed by atoms with Crippen LogP contribution < -0.4 is 5.32 Å². The summed E-state index contributed by atoms with van der Waals surface area (Å²) in [7, 11) is -3.04. The van der Waals surface area contributed by atoms with Crippen molar-refractivity contribution in [1.29, 1.82) is 0 Å². The number of aryl methyl sites for hydroxylation is 1. The van der Waals surface area contributed by atoms with Crippen LogP contribution in [0.25, 0.3) is 0 Å². The Morgan fingerprint density at radius 3 is 2.41 bits per heavy atom. The third kappa shape index (κ3) is 4.04. The molecule has 0 spiro atoms. The van der Waals surface area contributed by atoms with E-state index in [0.29, 0.717) is 6.54 Å². The Hall–Kier alpha value is -1.03.